The van der Waals surface area contributed by atoms with Crippen LogP contribution in [-0.4, -0.2) is 30.6 Å². The van der Waals surface area contributed by atoms with Gasteiger partial charge in [-0.05, 0) is 31.5 Å². The van der Waals surface area contributed by atoms with Crippen molar-refractivity contribution in [2.45, 2.75) is 25.9 Å². The summed E-state index contributed by atoms with van der Waals surface area (Å²) in [7, 11) is 0. The predicted molar refractivity (Wildman–Crippen MR) is 71.6 cm³/mol. The van der Waals surface area contributed by atoms with Gasteiger partial charge in [0.1, 0.15) is 5.82 Å². The number of hydrogen-bond acceptors (Lipinski definition) is 2. The molecule has 0 aliphatic carbocycles. The van der Waals surface area contributed by atoms with Gasteiger partial charge >= 0.3 is 0 Å². The van der Waals surface area contributed by atoms with E-state index in [1.54, 1.807) is 0 Å². The molecule has 0 amide bonds. The fourth-order valence-corrected chi connectivity index (χ4v) is 3.03. The standard InChI is InChI=1S/C13H18BrFN2/c1-9-8-17(6-5-16-9)10(2)12-4-3-11(15)7-13(12)14/h3-4,7,9-10,16H,5-6,8H2,1-2H3. The lowest BCUT2D eigenvalue weighted by atomic mass is 10.1. The molecule has 1 aliphatic rings. The molecule has 2 rings (SSSR count). The lowest BCUT2D eigenvalue weighted by molar-refractivity contribution is 0.158. The van der Waals surface area contributed by atoms with Crippen molar-refractivity contribution < 1.29 is 4.39 Å². The van der Waals surface area contributed by atoms with Gasteiger partial charge in [-0.3, -0.25) is 4.90 Å². The zero-order chi connectivity index (χ0) is 12.4. The number of nitrogens with zero attached hydrogens (tertiary/aromatic N) is 1. The van der Waals surface area contributed by atoms with Crippen LogP contribution in [-0.2, 0) is 0 Å². The van der Waals surface area contributed by atoms with Crippen molar-refractivity contribution in [2.24, 2.45) is 0 Å². The van der Waals surface area contributed by atoms with Crippen LogP contribution < -0.4 is 5.32 Å². The summed E-state index contributed by atoms with van der Waals surface area (Å²) in [6, 6.07) is 5.77. The Balaban J connectivity index is 2.15. The van der Waals surface area contributed by atoms with Crippen molar-refractivity contribution in [1.82, 2.24) is 10.2 Å². The molecule has 2 atom stereocenters. The first-order valence-electron chi connectivity index (χ1n) is 6.00. The fraction of sp³-hybridized carbons (Fsp3) is 0.538. The smallest absolute Gasteiger partial charge is 0.124 e. The van der Waals surface area contributed by atoms with Crippen molar-refractivity contribution >= 4 is 15.9 Å². The Labute approximate surface area is 110 Å². The van der Waals surface area contributed by atoms with Crippen molar-refractivity contribution in [2.75, 3.05) is 19.6 Å². The zero-order valence-corrected chi connectivity index (χ0v) is 11.8. The van der Waals surface area contributed by atoms with E-state index in [9.17, 15) is 4.39 Å². The van der Waals surface area contributed by atoms with Gasteiger partial charge in [-0.15, -0.1) is 0 Å². The second-order valence-corrected chi connectivity index (χ2v) is 5.55. The first-order valence-corrected chi connectivity index (χ1v) is 6.79. The number of rotatable bonds is 2. The molecular weight excluding hydrogens is 283 g/mol. The van der Waals surface area contributed by atoms with Crippen molar-refractivity contribution in [3.63, 3.8) is 0 Å². The lowest BCUT2D eigenvalue weighted by Crippen LogP contribution is -2.49. The predicted octanol–water partition coefficient (Wildman–Crippen LogP) is 2.94. The van der Waals surface area contributed by atoms with Crippen molar-refractivity contribution in [3.8, 4) is 0 Å². The Morgan fingerprint density at radius 2 is 2.29 bits per heavy atom. The average Bonchev–Trinajstić information content (AvgIpc) is 2.28. The quantitative estimate of drug-likeness (QED) is 0.903. The molecule has 1 aromatic carbocycles. The number of halogens is 2. The van der Waals surface area contributed by atoms with Crippen LogP contribution in [0.5, 0.6) is 0 Å². The van der Waals surface area contributed by atoms with Gasteiger partial charge < -0.3 is 5.32 Å². The summed E-state index contributed by atoms with van der Waals surface area (Å²) < 4.78 is 13.9. The highest BCUT2D eigenvalue weighted by Crippen LogP contribution is 2.28. The first-order chi connectivity index (χ1) is 8.08. The molecule has 1 aliphatic heterocycles. The second-order valence-electron chi connectivity index (χ2n) is 4.69. The maximum Gasteiger partial charge on any atom is 0.124 e. The van der Waals surface area contributed by atoms with Crippen LogP contribution in [0.25, 0.3) is 0 Å². The maximum atomic E-state index is 13.1. The Morgan fingerprint density at radius 1 is 1.53 bits per heavy atom. The monoisotopic (exact) mass is 300 g/mol. The summed E-state index contributed by atoms with van der Waals surface area (Å²) >= 11 is 3.45. The van der Waals surface area contributed by atoms with Crippen LogP contribution in [0.15, 0.2) is 22.7 Å². The molecule has 17 heavy (non-hydrogen) atoms. The summed E-state index contributed by atoms with van der Waals surface area (Å²) in [6.07, 6.45) is 0. The molecule has 1 saturated heterocycles. The highest BCUT2D eigenvalue weighted by Gasteiger charge is 2.22. The fourth-order valence-electron chi connectivity index (χ4n) is 2.35. The highest BCUT2D eigenvalue weighted by molar-refractivity contribution is 9.10. The molecule has 1 N–H and O–H groups in total. The number of hydrogen-bond donors (Lipinski definition) is 1. The summed E-state index contributed by atoms with van der Waals surface area (Å²) in [6.45, 7) is 7.46. The van der Waals surface area contributed by atoms with E-state index < -0.39 is 0 Å². The largest absolute Gasteiger partial charge is 0.312 e. The molecule has 1 aromatic rings. The molecule has 94 valence electrons. The Morgan fingerprint density at radius 3 is 2.94 bits per heavy atom. The molecule has 0 radical (unpaired) electrons. The SMILES string of the molecule is CC1CN(C(C)c2ccc(F)cc2Br)CCN1. The third-order valence-corrected chi connectivity index (χ3v) is 4.05. The van der Waals surface area contributed by atoms with E-state index >= 15 is 0 Å². The first kappa shape index (κ1) is 13.0. The Kier molecular flexibility index (Phi) is 4.17. The molecule has 0 spiro atoms. The minimum atomic E-state index is -0.193. The Hall–Kier alpha value is -0.450. The normalized spacial score (nSPS) is 23.6. The molecule has 0 aromatic heterocycles. The summed E-state index contributed by atoms with van der Waals surface area (Å²) in [5.74, 6) is -0.193. The van der Waals surface area contributed by atoms with Crippen LogP contribution in [0.2, 0.25) is 0 Å². The third-order valence-electron chi connectivity index (χ3n) is 3.36. The van der Waals surface area contributed by atoms with Gasteiger partial charge in [0.25, 0.3) is 0 Å². The van der Waals surface area contributed by atoms with Gasteiger partial charge in [0.15, 0.2) is 0 Å². The molecule has 2 unspecified atom stereocenters. The molecule has 1 heterocycles. The van der Waals surface area contributed by atoms with Gasteiger partial charge in [-0.1, -0.05) is 22.0 Å². The van der Waals surface area contributed by atoms with E-state index in [4.69, 9.17) is 0 Å². The van der Waals surface area contributed by atoms with E-state index in [1.165, 1.54) is 12.1 Å². The Bertz CT molecular complexity index is 397. The van der Waals surface area contributed by atoms with Gasteiger partial charge in [0.05, 0.1) is 0 Å². The molecule has 4 heteroatoms. The van der Waals surface area contributed by atoms with Crippen LogP contribution in [0.3, 0.4) is 0 Å². The molecule has 2 nitrogen and oxygen atoms in total. The van der Waals surface area contributed by atoms with E-state index in [0.29, 0.717) is 12.1 Å². The van der Waals surface area contributed by atoms with Gasteiger partial charge in [0, 0.05) is 36.2 Å². The number of nitrogens with one attached hydrogen (secondary N) is 1. The van der Waals surface area contributed by atoms with Crippen LogP contribution in [0.4, 0.5) is 4.39 Å². The molecule has 0 bridgehead atoms. The molecule has 1 fully saturated rings. The molecule has 0 saturated carbocycles. The van der Waals surface area contributed by atoms with E-state index in [2.05, 4.69) is 40.0 Å². The topological polar surface area (TPSA) is 15.3 Å². The van der Waals surface area contributed by atoms with Gasteiger partial charge in [-0.2, -0.15) is 0 Å². The van der Waals surface area contributed by atoms with Crippen LogP contribution in [0.1, 0.15) is 25.5 Å². The van der Waals surface area contributed by atoms with Crippen molar-refractivity contribution in [3.05, 3.63) is 34.1 Å². The van der Waals surface area contributed by atoms with Crippen molar-refractivity contribution in [1.29, 1.82) is 0 Å². The maximum absolute atomic E-state index is 13.1. The summed E-state index contributed by atoms with van der Waals surface area (Å²) in [5.41, 5.74) is 1.15. The van der Waals surface area contributed by atoms with Gasteiger partial charge in [0.2, 0.25) is 0 Å². The third kappa shape index (κ3) is 3.06. The summed E-state index contributed by atoms with van der Waals surface area (Å²) in [4.78, 5) is 2.43. The van der Waals surface area contributed by atoms with E-state index in [1.807, 2.05) is 6.07 Å². The van der Waals surface area contributed by atoms with E-state index in [-0.39, 0.29) is 5.82 Å². The average molecular weight is 301 g/mol. The minimum absolute atomic E-state index is 0.193. The van der Waals surface area contributed by atoms with Crippen LogP contribution >= 0.6 is 15.9 Å². The highest BCUT2D eigenvalue weighted by atomic mass is 79.9. The lowest BCUT2D eigenvalue weighted by Gasteiger charge is -2.36. The summed E-state index contributed by atoms with van der Waals surface area (Å²) in [5, 5.41) is 3.43. The number of benzene rings is 1. The zero-order valence-electron chi connectivity index (χ0n) is 10.2. The number of piperazine rings is 1. The van der Waals surface area contributed by atoms with E-state index in [0.717, 1.165) is 29.7 Å². The minimum Gasteiger partial charge on any atom is -0.312 e. The van der Waals surface area contributed by atoms with Gasteiger partial charge in [-0.25, -0.2) is 4.39 Å². The molecular formula is C13H18BrFN2. The second kappa shape index (κ2) is 5.46. The van der Waals surface area contributed by atoms with Crippen LogP contribution in [0, 0.1) is 5.82 Å².